The first-order valence-corrected chi connectivity index (χ1v) is 5.31. The van der Waals surface area contributed by atoms with Crippen molar-refractivity contribution in [1.29, 1.82) is 0 Å². The molecule has 0 aliphatic carbocycles. The third kappa shape index (κ3) is 2.85. The molecule has 0 nitrogen and oxygen atoms in total. The molecule has 0 saturated carbocycles. The summed E-state index contributed by atoms with van der Waals surface area (Å²) < 4.78 is 0. The molecular formula is C8H20P2. The normalized spacial score (nSPS) is 12.6. The van der Waals surface area contributed by atoms with Crippen molar-refractivity contribution >= 4 is 18.5 Å². The zero-order valence-electron chi connectivity index (χ0n) is 7.35. The van der Waals surface area contributed by atoms with Crippen molar-refractivity contribution in [1.82, 2.24) is 0 Å². The van der Waals surface area contributed by atoms with Gasteiger partial charge >= 0.3 is 0 Å². The highest BCUT2D eigenvalue weighted by Gasteiger charge is 2.24. The Morgan fingerprint density at radius 1 is 1.10 bits per heavy atom. The Bertz CT molecular complexity index is 85.3. The molecule has 2 heteroatoms. The molecule has 2 atom stereocenters. The van der Waals surface area contributed by atoms with Gasteiger partial charge in [-0.15, -0.1) is 18.5 Å². The van der Waals surface area contributed by atoms with Gasteiger partial charge in [0.15, 0.2) is 0 Å². The Labute approximate surface area is 70.0 Å². The molecule has 0 spiro atoms. The van der Waals surface area contributed by atoms with Crippen LogP contribution in [0.1, 0.15) is 40.0 Å². The molecule has 10 heavy (non-hydrogen) atoms. The third-order valence-electron chi connectivity index (χ3n) is 2.36. The first-order chi connectivity index (χ1) is 4.58. The summed E-state index contributed by atoms with van der Waals surface area (Å²) in [6.45, 7) is 6.79. The van der Waals surface area contributed by atoms with Crippen molar-refractivity contribution in [3.63, 3.8) is 0 Å². The monoisotopic (exact) mass is 178 g/mol. The molecule has 0 amide bonds. The number of rotatable bonds is 4. The van der Waals surface area contributed by atoms with Gasteiger partial charge in [0.1, 0.15) is 0 Å². The smallest absolute Gasteiger partial charge is 0.00181 e. The van der Waals surface area contributed by atoms with Crippen molar-refractivity contribution in [3.8, 4) is 0 Å². The maximum Gasteiger partial charge on any atom is 0.00181 e. The molecule has 0 fully saturated rings. The van der Waals surface area contributed by atoms with Crippen LogP contribution in [0.25, 0.3) is 0 Å². The summed E-state index contributed by atoms with van der Waals surface area (Å²) in [7, 11) is 5.92. The van der Waals surface area contributed by atoms with E-state index in [1.165, 1.54) is 19.3 Å². The molecule has 0 N–H and O–H groups in total. The van der Waals surface area contributed by atoms with Crippen LogP contribution in [-0.2, 0) is 0 Å². The average Bonchev–Trinajstić information content (AvgIpc) is 1.90. The van der Waals surface area contributed by atoms with E-state index in [0.717, 1.165) is 5.92 Å². The highest BCUT2D eigenvalue weighted by molar-refractivity contribution is 7.39. The first-order valence-electron chi connectivity index (χ1n) is 4.16. The Morgan fingerprint density at radius 2 is 1.50 bits per heavy atom. The SMILES string of the molecule is CCC(CC)C(P)(P)CC. The maximum atomic E-state index is 2.96. The Kier molecular flexibility index (Phi) is 5.08. The number of hydrogen-bond acceptors (Lipinski definition) is 0. The van der Waals surface area contributed by atoms with Crippen molar-refractivity contribution in [3.05, 3.63) is 0 Å². The summed E-state index contributed by atoms with van der Waals surface area (Å²) in [5.74, 6) is 0.840. The Balaban J connectivity index is 3.97. The summed E-state index contributed by atoms with van der Waals surface area (Å²) in [5, 5.41) is 0. The van der Waals surface area contributed by atoms with Crippen molar-refractivity contribution < 1.29 is 0 Å². The molecule has 0 aromatic rings. The fraction of sp³-hybridized carbons (Fsp3) is 1.00. The van der Waals surface area contributed by atoms with Gasteiger partial charge in [-0.1, -0.05) is 33.6 Å². The van der Waals surface area contributed by atoms with Crippen LogP contribution in [0.5, 0.6) is 0 Å². The minimum atomic E-state index is 0.392. The third-order valence-corrected chi connectivity index (χ3v) is 4.12. The van der Waals surface area contributed by atoms with E-state index in [-0.39, 0.29) is 0 Å². The van der Waals surface area contributed by atoms with E-state index in [0.29, 0.717) is 4.90 Å². The largest absolute Gasteiger partial charge is 0.127 e. The standard InChI is InChI=1S/C8H20P2/c1-4-7(5-2)8(9,10)6-3/h7H,4-6,9-10H2,1-3H3. The highest BCUT2D eigenvalue weighted by atomic mass is 31.1. The van der Waals surface area contributed by atoms with E-state index >= 15 is 0 Å². The molecule has 2 unspecified atom stereocenters. The van der Waals surface area contributed by atoms with E-state index in [1.807, 2.05) is 0 Å². The van der Waals surface area contributed by atoms with E-state index < -0.39 is 0 Å². The van der Waals surface area contributed by atoms with Gasteiger partial charge in [0.05, 0.1) is 0 Å². The summed E-state index contributed by atoms with van der Waals surface area (Å²) in [4.78, 5) is 0.392. The second kappa shape index (κ2) is 4.68. The summed E-state index contributed by atoms with van der Waals surface area (Å²) in [6.07, 6.45) is 3.81. The quantitative estimate of drug-likeness (QED) is 0.579. The van der Waals surface area contributed by atoms with Gasteiger partial charge in [0.2, 0.25) is 0 Å². The fourth-order valence-electron chi connectivity index (χ4n) is 1.34. The second-order valence-corrected chi connectivity index (χ2v) is 5.80. The zero-order valence-corrected chi connectivity index (χ0v) is 9.66. The minimum absolute atomic E-state index is 0.392. The van der Waals surface area contributed by atoms with Gasteiger partial charge in [0.25, 0.3) is 0 Å². The van der Waals surface area contributed by atoms with Crippen LogP contribution in [0.2, 0.25) is 0 Å². The molecule has 0 saturated heterocycles. The van der Waals surface area contributed by atoms with Gasteiger partial charge in [-0.3, -0.25) is 0 Å². The second-order valence-electron chi connectivity index (χ2n) is 2.98. The Hall–Kier alpha value is 0.860. The predicted molar refractivity (Wildman–Crippen MR) is 56.5 cm³/mol. The minimum Gasteiger partial charge on any atom is -0.127 e. The average molecular weight is 178 g/mol. The topological polar surface area (TPSA) is 0 Å². The molecule has 0 aromatic heterocycles. The van der Waals surface area contributed by atoms with Crippen molar-refractivity contribution in [2.24, 2.45) is 5.92 Å². The van der Waals surface area contributed by atoms with Crippen LogP contribution in [0.4, 0.5) is 0 Å². The van der Waals surface area contributed by atoms with Gasteiger partial charge in [-0.25, -0.2) is 0 Å². The molecule has 0 heterocycles. The fourth-order valence-corrected chi connectivity index (χ4v) is 2.28. The van der Waals surface area contributed by atoms with Gasteiger partial charge < -0.3 is 0 Å². The van der Waals surface area contributed by atoms with Crippen LogP contribution in [0, 0.1) is 5.92 Å². The molecular weight excluding hydrogens is 158 g/mol. The van der Waals surface area contributed by atoms with Crippen LogP contribution in [-0.4, -0.2) is 4.90 Å². The zero-order chi connectivity index (χ0) is 8.20. The number of hydrogen-bond donors (Lipinski definition) is 0. The summed E-state index contributed by atoms with van der Waals surface area (Å²) in [6, 6.07) is 0. The maximum absolute atomic E-state index is 2.96. The lowest BCUT2D eigenvalue weighted by molar-refractivity contribution is 0.436. The van der Waals surface area contributed by atoms with E-state index in [1.54, 1.807) is 0 Å². The van der Waals surface area contributed by atoms with Crippen LogP contribution in [0.15, 0.2) is 0 Å². The molecule has 0 rings (SSSR count). The van der Waals surface area contributed by atoms with Crippen molar-refractivity contribution in [2.45, 2.75) is 44.9 Å². The van der Waals surface area contributed by atoms with Crippen LogP contribution >= 0.6 is 18.5 Å². The highest BCUT2D eigenvalue weighted by Crippen LogP contribution is 2.41. The Morgan fingerprint density at radius 3 is 1.60 bits per heavy atom. The van der Waals surface area contributed by atoms with Crippen LogP contribution in [0.3, 0.4) is 0 Å². The van der Waals surface area contributed by atoms with Crippen LogP contribution < -0.4 is 0 Å². The summed E-state index contributed by atoms with van der Waals surface area (Å²) in [5.41, 5.74) is 0. The molecule has 0 aliphatic rings. The lowest BCUT2D eigenvalue weighted by Crippen LogP contribution is -2.21. The lowest BCUT2D eigenvalue weighted by atomic mass is 9.97. The first kappa shape index (κ1) is 10.9. The lowest BCUT2D eigenvalue weighted by Gasteiger charge is -2.31. The van der Waals surface area contributed by atoms with Gasteiger partial charge in [0, 0.05) is 4.90 Å². The summed E-state index contributed by atoms with van der Waals surface area (Å²) >= 11 is 0. The van der Waals surface area contributed by atoms with Gasteiger partial charge in [-0.2, -0.15) is 0 Å². The van der Waals surface area contributed by atoms with E-state index in [4.69, 9.17) is 0 Å². The van der Waals surface area contributed by atoms with Crippen molar-refractivity contribution in [2.75, 3.05) is 0 Å². The van der Waals surface area contributed by atoms with E-state index in [9.17, 15) is 0 Å². The predicted octanol–water partition coefficient (Wildman–Crippen LogP) is 3.28. The van der Waals surface area contributed by atoms with Gasteiger partial charge in [-0.05, 0) is 12.3 Å². The van der Waals surface area contributed by atoms with E-state index in [2.05, 4.69) is 39.3 Å². The molecule has 0 aliphatic heterocycles. The molecule has 0 aromatic carbocycles. The molecule has 62 valence electrons. The molecule has 0 radical (unpaired) electrons. The molecule has 0 bridgehead atoms.